The SMILES string of the molecule is CCn1ccnc1C(C)(O)CN. The standard InChI is InChI=1S/C8H15N3O/c1-3-11-5-4-10-7(11)8(2,12)6-9/h4-5,12H,3,6,9H2,1-2H3. The van der Waals surface area contributed by atoms with Crippen LogP contribution in [0.15, 0.2) is 12.4 Å². The summed E-state index contributed by atoms with van der Waals surface area (Å²) in [5.41, 5.74) is 4.40. The quantitative estimate of drug-likeness (QED) is 0.673. The van der Waals surface area contributed by atoms with Gasteiger partial charge < -0.3 is 15.4 Å². The highest BCUT2D eigenvalue weighted by molar-refractivity contribution is 5.03. The molecule has 1 heterocycles. The third-order valence-corrected chi connectivity index (χ3v) is 1.94. The van der Waals surface area contributed by atoms with E-state index >= 15 is 0 Å². The zero-order valence-electron chi connectivity index (χ0n) is 7.49. The van der Waals surface area contributed by atoms with E-state index in [0.29, 0.717) is 5.82 Å². The second-order valence-electron chi connectivity index (χ2n) is 3.01. The van der Waals surface area contributed by atoms with Gasteiger partial charge in [-0.2, -0.15) is 0 Å². The highest BCUT2D eigenvalue weighted by atomic mass is 16.3. The fourth-order valence-electron chi connectivity index (χ4n) is 1.12. The first kappa shape index (κ1) is 9.22. The van der Waals surface area contributed by atoms with Gasteiger partial charge >= 0.3 is 0 Å². The number of aliphatic hydroxyl groups is 1. The molecule has 0 saturated carbocycles. The molecule has 1 atom stereocenters. The number of aryl methyl sites for hydroxylation is 1. The van der Waals surface area contributed by atoms with Crippen LogP contribution in [0.4, 0.5) is 0 Å². The van der Waals surface area contributed by atoms with Crippen molar-refractivity contribution in [2.24, 2.45) is 5.73 Å². The lowest BCUT2D eigenvalue weighted by atomic mass is 10.1. The number of hydrogen-bond acceptors (Lipinski definition) is 3. The fourth-order valence-corrected chi connectivity index (χ4v) is 1.12. The van der Waals surface area contributed by atoms with E-state index in [1.165, 1.54) is 0 Å². The van der Waals surface area contributed by atoms with Crippen molar-refractivity contribution in [3.8, 4) is 0 Å². The number of aromatic nitrogens is 2. The van der Waals surface area contributed by atoms with Crippen LogP contribution in [0.2, 0.25) is 0 Å². The van der Waals surface area contributed by atoms with Gasteiger partial charge in [0.25, 0.3) is 0 Å². The van der Waals surface area contributed by atoms with Gasteiger partial charge in [-0.1, -0.05) is 0 Å². The van der Waals surface area contributed by atoms with Gasteiger partial charge in [-0.3, -0.25) is 0 Å². The van der Waals surface area contributed by atoms with E-state index in [2.05, 4.69) is 4.98 Å². The third kappa shape index (κ3) is 1.49. The lowest BCUT2D eigenvalue weighted by Crippen LogP contribution is -2.34. The molecule has 0 aliphatic heterocycles. The highest BCUT2D eigenvalue weighted by Crippen LogP contribution is 2.16. The summed E-state index contributed by atoms with van der Waals surface area (Å²) >= 11 is 0. The predicted octanol–water partition coefficient (Wildman–Crippen LogP) is 0.0692. The molecular formula is C8H15N3O. The second kappa shape index (κ2) is 3.25. The Bertz CT molecular complexity index is 255. The van der Waals surface area contributed by atoms with E-state index in [1.54, 1.807) is 13.1 Å². The van der Waals surface area contributed by atoms with Gasteiger partial charge in [0.1, 0.15) is 11.4 Å². The summed E-state index contributed by atoms with van der Waals surface area (Å²) in [6.45, 7) is 4.65. The van der Waals surface area contributed by atoms with Gasteiger partial charge in [0, 0.05) is 25.5 Å². The van der Waals surface area contributed by atoms with E-state index in [1.807, 2.05) is 17.7 Å². The summed E-state index contributed by atoms with van der Waals surface area (Å²) in [6.07, 6.45) is 3.50. The Kier molecular flexibility index (Phi) is 2.49. The van der Waals surface area contributed by atoms with Crippen molar-refractivity contribution >= 4 is 0 Å². The topological polar surface area (TPSA) is 64.1 Å². The molecule has 68 valence electrons. The molecule has 0 radical (unpaired) electrons. The van der Waals surface area contributed by atoms with Crippen molar-refractivity contribution in [1.29, 1.82) is 0 Å². The summed E-state index contributed by atoms with van der Waals surface area (Å²) in [4.78, 5) is 4.06. The molecule has 0 aromatic carbocycles. The second-order valence-corrected chi connectivity index (χ2v) is 3.01. The van der Waals surface area contributed by atoms with Crippen LogP contribution in [0.1, 0.15) is 19.7 Å². The molecule has 4 nitrogen and oxygen atoms in total. The first-order valence-corrected chi connectivity index (χ1v) is 4.06. The van der Waals surface area contributed by atoms with Crippen LogP contribution < -0.4 is 5.73 Å². The molecule has 1 aromatic rings. The Morgan fingerprint density at radius 1 is 1.75 bits per heavy atom. The molecule has 1 aromatic heterocycles. The summed E-state index contributed by atoms with van der Waals surface area (Å²) in [6, 6.07) is 0. The maximum atomic E-state index is 9.79. The Hall–Kier alpha value is -0.870. The molecule has 0 fully saturated rings. The van der Waals surface area contributed by atoms with Crippen LogP contribution in [0.3, 0.4) is 0 Å². The number of rotatable bonds is 3. The Labute approximate surface area is 72.0 Å². The van der Waals surface area contributed by atoms with Crippen molar-refractivity contribution in [3.05, 3.63) is 18.2 Å². The molecular weight excluding hydrogens is 154 g/mol. The number of nitrogens with zero attached hydrogens (tertiary/aromatic N) is 2. The molecule has 0 spiro atoms. The summed E-state index contributed by atoms with van der Waals surface area (Å²) < 4.78 is 1.88. The highest BCUT2D eigenvalue weighted by Gasteiger charge is 2.25. The van der Waals surface area contributed by atoms with Gasteiger partial charge in [0.2, 0.25) is 0 Å². The maximum Gasteiger partial charge on any atom is 0.141 e. The summed E-state index contributed by atoms with van der Waals surface area (Å²) in [5, 5.41) is 9.79. The first-order valence-electron chi connectivity index (χ1n) is 4.06. The van der Waals surface area contributed by atoms with Crippen LogP contribution >= 0.6 is 0 Å². The molecule has 1 unspecified atom stereocenters. The van der Waals surface area contributed by atoms with Crippen LogP contribution in [-0.2, 0) is 12.1 Å². The van der Waals surface area contributed by atoms with Crippen LogP contribution in [0.25, 0.3) is 0 Å². The Morgan fingerprint density at radius 3 is 2.92 bits per heavy atom. The molecule has 0 aliphatic carbocycles. The van der Waals surface area contributed by atoms with Gasteiger partial charge in [-0.25, -0.2) is 4.98 Å². The Balaban J connectivity index is 3.00. The fraction of sp³-hybridized carbons (Fsp3) is 0.625. The summed E-state index contributed by atoms with van der Waals surface area (Å²) in [5.74, 6) is 0.632. The largest absolute Gasteiger partial charge is 0.381 e. The van der Waals surface area contributed by atoms with Crippen molar-refractivity contribution in [2.75, 3.05) is 6.54 Å². The van der Waals surface area contributed by atoms with E-state index in [-0.39, 0.29) is 6.54 Å². The molecule has 1 rings (SSSR count). The molecule has 4 heteroatoms. The van der Waals surface area contributed by atoms with Crippen LogP contribution in [0, 0.1) is 0 Å². The molecule has 3 N–H and O–H groups in total. The molecule has 0 aliphatic rings. The normalized spacial score (nSPS) is 16.0. The lowest BCUT2D eigenvalue weighted by molar-refractivity contribution is 0.0536. The average molecular weight is 169 g/mol. The Morgan fingerprint density at radius 2 is 2.42 bits per heavy atom. The van der Waals surface area contributed by atoms with Crippen molar-refractivity contribution in [1.82, 2.24) is 9.55 Å². The van der Waals surface area contributed by atoms with E-state index in [9.17, 15) is 5.11 Å². The van der Waals surface area contributed by atoms with Crippen LogP contribution in [0.5, 0.6) is 0 Å². The monoisotopic (exact) mass is 169 g/mol. The van der Waals surface area contributed by atoms with Crippen molar-refractivity contribution < 1.29 is 5.11 Å². The minimum Gasteiger partial charge on any atom is -0.381 e. The molecule has 12 heavy (non-hydrogen) atoms. The van der Waals surface area contributed by atoms with Gasteiger partial charge in [0.15, 0.2) is 0 Å². The predicted molar refractivity (Wildman–Crippen MR) is 46.5 cm³/mol. The first-order chi connectivity index (χ1) is 5.61. The number of hydrogen-bond donors (Lipinski definition) is 2. The lowest BCUT2D eigenvalue weighted by Gasteiger charge is -2.21. The minimum atomic E-state index is -1.01. The smallest absolute Gasteiger partial charge is 0.141 e. The zero-order valence-corrected chi connectivity index (χ0v) is 7.49. The number of imidazole rings is 1. The van der Waals surface area contributed by atoms with Gasteiger partial charge in [-0.15, -0.1) is 0 Å². The van der Waals surface area contributed by atoms with Crippen molar-refractivity contribution in [2.45, 2.75) is 26.0 Å². The van der Waals surface area contributed by atoms with Crippen LogP contribution in [-0.4, -0.2) is 21.2 Å². The van der Waals surface area contributed by atoms with Crippen molar-refractivity contribution in [3.63, 3.8) is 0 Å². The maximum absolute atomic E-state index is 9.79. The average Bonchev–Trinajstić information content (AvgIpc) is 2.52. The molecule has 0 bridgehead atoms. The molecule has 0 saturated heterocycles. The van der Waals surface area contributed by atoms with E-state index in [0.717, 1.165) is 6.54 Å². The summed E-state index contributed by atoms with van der Waals surface area (Å²) in [7, 11) is 0. The van der Waals surface area contributed by atoms with Gasteiger partial charge in [-0.05, 0) is 13.8 Å². The zero-order chi connectivity index (χ0) is 9.19. The molecule has 0 amide bonds. The third-order valence-electron chi connectivity index (χ3n) is 1.94. The van der Waals surface area contributed by atoms with E-state index < -0.39 is 5.60 Å². The minimum absolute atomic E-state index is 0.185. The van der Waals surface area contributed by atoms with Gasteiger partial charge in [0.05, 0.1) is 0 Å². The number of nitrogens with two attached hydrogens (primary N) is 1. The van der Waals surface area contributed by atoms with E-state index in [4.69, 9.17) is 5.73 Å².